The van der Waals surface area contributed by atoms with Gasteiger partial charge in [0.15, 0.2) is 0 Å². The highest BCUT2D eigenvalue weighted by Crippen LogP contribution is 2.27. The summed E-state index contributed by atoms with van der Waals surface area (Å²) in [7, 11) is -3.51. The van der Waals surface area contributed by atoms with Crippen molar-refractivity contribution in [1.82, 2.24) is 4.31 Å². The monoisotopic (exact) mass is 372 g/mol. The van der Waals surface area contributed by atoms with Gasteiger partial charge >= 0.3 is 0 Å². The third-order valence-corrected chi connectivity index (χ3v) is 6.47. The van der Waals surface area contributed by atoms with Gasteiger partial charge in [-0.15, -0.1) is 0 Å². The number of hydrogen-bond donors (Lipinski definition) is 1. The highest BCUT2D eigenvalue weighted by atomic mass is 32.2. The van der Waals surface area contributed by atoms with Crippen LogP contribution in [0.4, 0.5) is 5.69 Å². The number of hydrogen-bond acceptors (Lipinski definition) is 3. The number of nitrogens with zero attached hydrogens (tertiary/aromatic N) is 1. The van der Waals surface area contributed by atoms with Gasteiger partial charge in [-0.2, -0.15) is 4.31 Å². The van der Waals surface area contributed by atoms with Crippen LogP contribution >= 0.6 is 0 Å². The quantitative estimate of drug-likeness (QED) is 0.843. The van der Waals surface area contributed by atoms with Gasteiger partial charge < -0.3 is 5.32 Å². The van der Waals surface area contributed by atoms with E-state index in [4.69, 9.17) is 0 Å². The lowest BCUT2D eigenvalue weighted by molar-refractivity contribution is -0.116. The number of unbranched alkanes of at least 4 members (excludes halogenated alkanes) is 1. The molecule has 1 amide bonds. The predicted octanol–water partition coefficient (Wildman–Crippen LogP) is 3.56. The van der Waals surface area contributed by atoms with Crippen LogP contribution in [0.5, 0.6) is 0 Å². The average Bonchev–Trinajstić information content (AvgIpc) is 2.66. The molecule has 1 aliphatic rings. The predicted molar refractivity (Wildman–Crippen MR) is 102 cm³/mol. The summed E-state index contributed by atoms with van der Waals surface area (Å²) in [6.07, 6.45) is 3.01. The highest BCUT2D eigenvalue weighted by Gasteiger charge is 2.28. The second kappa shape index (κ2) is 8.01. The molecule has 138 valence electrons. The molecule has 0 radical (unpaired) electrons. The van der Waals surface area contributed by atoms with Gasteiger partial charge in [0.05, 0.1) is 4.90 Å². The summed E-state index contributed by atoms with van der Waals surface area (Å²) in [4.78, 5) is 12.2. The maximum absolute atomic E-state index is 12.8. The fourth-order valence-corrected chi connectivity index (χ4v) is 4.56. The van der Waals surface area contributed by atoms with Crippen LogP contribution in [0, 0.1) is 0 Å². The van der Waals surface area contributed by atoms with Crippen molar-refractivity contribution >= 4 is 21.6 Å². The van der Waals surface area contributed by atoms with Crippen molar-refractivity contribution in [3.63, 3.8) is 0 Å². The van der Waals surface area contributed by atoms with Crippen LogP contribution in [0.2, 0.25) is 0 Å². The summed E-state index contributed by atoms with van der Waals surface area (Å²) >= 11 is 0. The zero-order valence-electron chi connectivity index (χ0n) is 14.9. The Balaban J connectivity index is 1.77. The minimum absolute atomic E-state index is 0.00336. The molecule has 26 heavy (non-hydrogen) atoms. The van der Waals surface area contributed by atoms with E-state index in [9.17, 15) is 13.2 Å². The molecule has 0 bridgehead atoms. The Bertz CT molecular complexity index is 879. The minimum atomic E-state index is -3.51. The van der Waals surface area contributed by atoms with E-state index in [1.54, 1.807) is 30.3 Å². The van der Waals surface area contributed by atoms with E-state index in [1.165, 1.54) is 4.31 Å². The molecule has 0 spiro atoms. The van der Waals surface area contributed by atoms with Crippen molar-refractivity contribution in [3.8, 4) is 0 Å². The zero-order chi connectivity index (χ0) is 18.6. The second-order valence-electron chi connectivity index (χ2n) is 6.54. The van der Waals surface area contributed by atoms with Crippen molar-refractivity contribution in [1.29, 1.82) is 0 Å². The molecule has 0 saturated heterocycles. The van der Waals surface area contributed by atoms with Crippen LogP contribution in [-0.4, -0.2) is 25.2 Å². The molecule has 5 nitrogen and oxygen atoms in total. The number of rotatable bonds is 6. The molecule has 0 atom stereocenters. The minimum Gasteiger partial charge on any atom is -0.326 e. The van der Waals surface area contributed by atoms with Crippen molar-refractivity contribution in [3.05, 3.63) is 59.7 Å². The number of benzene rings is 2. The summed E-state index contributed by atoms with van der Waals surface area (Å²) in [6.45, 7) is 2.84. The first kappa shape index (κ1) is 18.6. The van der Waals surface area contributed by atoms with E-state index in [1.807, 2.05) is 25.1 Å². The summed E-state index contributed by atoms with van der Waals surface area (Å²) in [6, 6.07) is 14.3. The summed E-state index contributed by atoms with van der Waals surface area (Å²) in [5.41, 5.74) is 2.81. The van der Waals surface area contributed by atoms with Crippen molar-refractivity contribution in [2.24, 2.45) is 0 Å². The third kappa shape index (κ3) is 4.14. The molecular formula is C20H24N2O3S. The number of anilines is 1. The van der Waals surface area contributed by atoms with Crippen LogP contribution in [-0.2, 0) is 27.8 Å². The molecule has 0 unspecified atom stereocenters. The van der Waals surface area contributed by atoms with Crippen LogP contribution in [0.3, 0.4) is 0 Å². The standard InChI is InChI=1S/C20H24N2O3S/c1-2-3-9-20(23)21-18-11-10-16-12-13-22(15-17(16)14-18)26(24,25)19-7-5-4-6-8-19/h4-8,10-11,14H,2-3,9,12-13,15H2,1H3,(H,21,23). The van der Waals surface area contributed by atoms with Gasteiger partial charge in [0.1, 0.15) is 0 Å². The Morgan fingerprint density at radius 1 is 1.12 bits per heavy atom. The molecule has 0 aliphatic carbocycles. The number of nitrogens with one attached hydrogen (secondary N) is 1. The van der Waals surface area contributed by atoms with E-state index in [2.05, 4.69) is 5.32 Å². The number of sulfonamides is 1. The van der Waals surface area contributed by atoms with Gasteiger partial charge in [0.25, 0.3) is 0 Å². The van der Waals surface area contributed by atoms with Gasteiger partial charge in [-0.1, -0.05) is 37.6 Å². The SMILES string of the molecule is CCCCC(=O)Nc1ccc2c(c1)CN(S(=O)(=O)c1ccccc1)CC2. The summed E-state index contributed by atoms with van der Waals surface area (Å²) in [5.74, 6) is -0.00336. The molecule has 0 fully saturated rings. The van der Waals surface area contributed by atoms with E-state index in [0.717, 1.165) is 29.7 Å². The Kier molecular flexibility index (Phi) is 5.74. The van der Waals surface area contributed by atoms with Gasteiger partial charge in [0.2, 0.25) is 15.9 Å². The topological polar surface area (TPSA) is 66.5 Å². The van der Waals surface area contributed by atoms with Crippen LogP contribution in [0.15, 0.2) is 53.4 Å². The number of fused-ring (bicyclic) bond motifs is 1. The average molecular weight is 372 g/mol. The number of carbonyl (C=O) groups excluding carboxylic acids is 1. The van der Waals surface area contributed by atoms with Crippen molar-refractivity contribution < 1.29 is 13.2 Å². The van der Waals surface area contributed by atoms with E-state index in [0.29, 0.717) is 30.8 Å². The Hall–Kier alpha value is -2.18. The largest absolute Gasteiger partial charge is 0.326 e. The van der Waals surface area contributed by atoms with Crippen LogP contribution in [0.25, 0.3) is 0 Å². The second-order valence-corrected chi connectivity index (χ2v) is 8.47. The van der Waals surface area contributed by atoms with Gasteiger partial charge in [0, 0.05) is 25.2 Å². The van der Waals surface area contributed by atoms with E-state index in [-0.39, 0.29) is 5.91 Å². The fraction of sp³-hybridized carbons (Fsp3) is 0.350. The molecule has 1 heterocycles. The summed E-state index contributed by atoms with van der Waals surface area (Å²) < 4.78 is 27.2. The lowest BCUT2D eigenvalue weighted by atomic mass is 10.0. The van der Waals surface area contributed by atoms with Crippen molar-refractivity contribution in [2.45, 2.75) is 44.0 Å². The van der Waals surface area contributed by atoms with E-state index >= 15 is 0 Å². The maximum Gasteiger partial charge on any atom is 0.243 e. The molecule has 2 aromatic rings. The number of carbonyl (C=O) groups is 1. The van der Waals surface area contributed by atoms with Crippen LogP contribution < -0.4 is 5.32 Å². The first-order valence-corrected chi connectivity index (χ1v) is 10.4. The normalized spacial score (nSPS) is 14.7. The maximum atomic E-state index is 12.8. The molecule has 3 rings (SSSR count). The van der Waals surface area contributed by atoms with Gasteiger partial charge in [-0.3, -0.25) is 4.79 Å². The van der Waals surface area contributed by atoms with Crippen LogP contribution in [0.1, 0.15) is 37.3 Å². The summed E-state index contributed by atoms with van der Waals surface area (Å²) in [5, 5.41) is 2.91. The molecule has 2 aromatic carbocycles. The third-order valence-electron chi connectivity index (χ3n) is 4.61. The molecule has 0 aromatic heterocycles. The first-order chi connectivity index (χ1) is 12.5. The molecular weight excluding hydrogens is 348 g/mol. The highest BCUT2D eigenvalue weighted by molar-refractivity contribution is 7.89. The lowest BCUT2D eigenvalue weighted by Crippen LogP contribution is -2.36. The van der Waals surface area contributed by atoms with E-state index < -0.39 is 10.0 Å². The first-order valence-electron chi connectivity index (χ1n) is 8.97. The molecule has 1 N–H and O–H groups in total. The zero-order valence-corrected chi connectivity index (χ0v) is 15.8. The fourth-order valence-electron chi connectivity index (χ4n) is 3.12. The van der Waals surface area contributed by atoms with Gasteiger partial charge in [-0.25, -0.2) is 8.42 Å². The Labute approximate surface area is 155 Å². The molecule has 1 aliphatic heterocycles. The van der Waals surface area contributed by atoms with Crippen molar-refractivity contribution in [2.75, 3.05) is 11.9 Å². The lowest BCUT2D eigenvalue weighted by Gasteiger charge is -2.28. The Morgan fingerprint density at radius 2 is 1.88 bits per heavy atom. The molecule has 0 saturated carbocycles. The Morgan fingerprint density at radius 3 is 2.62 bits per heavy atom. The smallest absolute Gasteiger partial charge is 0.243 e. The number of amides is 1. The van der Waals surface area contributed by atoms with Gasteiger partial charge in [-0.05, 0) is 48.2 Å². The molecule has 6 heteroatoms.